The van der Waals surface area contributed by atoms with Crippen LogP contribution in [-0.2, 0) is 0 Å². The minimum Gasteiger partial charge on any atom is -0.397 e. The quantitative estimate of drug-likeness (QED) is 0.695. The average molecular weight is 339 g/mol. The lowest BCUT2D eigenvalue weighted by atomic mass is 10.1. The molecular weight excluding hydrogens is 331 g/mol. The van der Waals surface area contributed by atoms with Crippen molar-refractivity contribution in [2.75, 3.05) is 11.1 Å². The van der Waals surface area contributed by atoms with Crippen LogP contribution in [0.1, 0.15) is 10.4 Å². The molecule has 0 fully saturated rings. The number of nitrogens with zero attached hydrogens (tertiary/aromatic N) is 2. The van der Waals surface area contributed by atoms with Crippen LogP contribution in [0, 0.1) is 0 Å². The summed E-state index contributed by atoms with van der Waals surface area (Å²) in [6.07, 6.45) is 0. The molecule has 3 rings (SSSR count). The number of hydrogen-bond donors (Lipinski definition) is 2. The summed E-state index contributed by atoms with van der Waals surface area (Å²) in [5.74, 6) is -0.405. The molecule has 0 saturated heterocycles. The van der Waals surface area contributed by atoms with E-state index >= 15 is 0 Å². The van der Waals surface area contributed by atoms with E-state index in [0.29, 0.717) is 26.8 Å². The smallest absolute Gasteiger partial charge is 0.257 e. The molecule has 0 bridgehead atoms. The van der Waals surface area contributed by atoms with Crippen LogP contribution in [0.15, 0.2) is 30.3 Å². The number of para-hydroxylation sites is 1. The van der Waals surface area contributed by atoms with Crippen LogP contribution in [-0.4, -0.2) is 14.7 Å². The van der Waals surface area contributed by atoms with Gasteiger partial charge in [-0.2, -0.15) is 8.75 Å². The number of carbonyl (C=O) groups excluding carboxylic acids is 1. The largest absolute Gasteiger partial charge is 0.397 e. The summed E-state index contributed by atoms with van der Waals surface area (Å²) in [5.41, 5.74) is 7.93. The van der Waals surface area contributed by atoms with Crippen molar-refractivity contribution < 1.29 is 4.79 Å². The molecule has 21 heavy (non-hydrogen) atoms. The highest BCUT2D eigenvalue weighted by molar-refractivity contribution is 7.00. The molecule has 2 aromatic carbocycles. The molecule has 1 aromatic heterocycles. The molecule has 5 nitrogen and oxygen atoms in total. The third-order valence-corrected chi connectivity index (χ3v) is 4.10. The lowest BCUT2D eigenvalue weighted by molar-refractivity contribution is 0.102. The van der Waals surface area contributed by atoms with Gasteiger partial charge in [-0.05, 0) is 24.3 Å². The van der Waals surface area contributed by atoms with Gasteiger partial charge in [-0.15, -0.1) is 0 Å². The van der Waals surface area contributed by atoms with Gasteiger partial charge in [0, 0.05) is 0 Å². The molecular formula is C13H8Cl2N4OS. The van der Waals surface area contributed by atoms with Crippen LogP contribution < -0.4 is 11.1 Å². The maximum Gasteiger partial charge on any atom is 0.257 e. The van der Waals surface area contributed by atoms with Crippen LogP contribution in [0.25, 0.3) is 11.0 Å². The van der Waals surface area contributed by atoms with Crippen molar-refractivity contribution in [1.82, 2.24) is 8.75 Å². The standard InChI is InChI=1S/C13H8Cl2N4OS/c14-7-3-1-2-6(10(7)16)13(20)17-11-8(15)4-5-9-12(11)19-21-18-9/h1-5H,16H2,(H,17,20). The molecule has 0 aliphatic heterocycles. The number of nitrogens with two attached hydrogens (primary N) is 1. The van der Waals surface area contributed by atoms with E-state index in [1.165, 1.54) is 0 Å². The first-order chi connectivity index (χ1) is 10.1. The molecule has 106 valence electrons. The Hall–Kier alpha value is -1.89. The number of carbonyl (C=O) groups is 1. The summed E-state index contributed by atoms with van der Waals surface area (Å²) in [5, 5.41) is 3.42. The summed E-state index contributed by atoms with van der Waals surface area (Å²) in [6.45, 7) is 0. The van der Waals surface area contributed by atoms with Crippen LogP contribution in [0.4, 0.5) is 11.4 Å². The molecule has 0 unspecified atom stereocenters. The first kappa shape index (κ1) is 14.1. The molecule has 3 N–H and O–H groups in total. The second-order valence-corrected chi connectivity index (χ2v) is 5.55. The summed E-state index contributed by atoms with van der Waals surface area (Å²) in [4.78, 5) is 12.4. The maximum absolute atomic E-state index is 12.4. The predicted octanol–water partition coefficient (Wildman–Crippen LogP) is 3.83. The van der Waals surface area contributed by atoms with Gasteiger partial charge in [0.05, 0.1) is 38.7 Å². The van der Waals surface area contributed by atoms with Gasteiger partial charge in [0.15, 0.2) is 0 Å². The Morgan fingerprint density at radius 2 is 1.95 bits per heavy atom. The van der Waals surface area contributed by atoms with Crippen molar-refractivity contribution >= 4 is 63.2 Å². The van der Waals surface area contributed by atoms with E-state index in [1.807, 2.05) is 0 Å². The van der Waals surface area contributed by atoms with Crippen LogP contribution >= 0.6 is 34.9 Å². The summed E-state index contributed by atoms with van der Waals surface area (Å²) < 4.78 is 8.25. The fourth-order valence-electron chi connectivity index (χ4n) is 1.86. The number of halogens is 2. The highest BCUT2D eigenvalue weighted by Crippen LogP contribution is 2.31. The number of fused-ring (bicyclic) bond motifs is 1. The number of rotatable bonds is 2. The number of anilines is 2. The summed E-state index contributed by atoms with van der Waals surface area (Å²) in [7, 11) is 0. The number of aromatic nitrogens is 2. The number of hydrogen-bond acceptors (Lipinski definition) is 5. The van der Waals surface area contributed by atoms with Crippen LogP contribution in [0.3, 0.4) is 0 Å². The Labute approximate surface area is 134 Å². The van der Waals surface area contributed by atoms with E-state index < -0.39 is 5.91 Å². The highest BCUT2D eigenvalue weighted by atomic mass is 35.5. The number of amides is 1. The molecule has 8 heteroatoms. The Morgan fingerprint density at radius 3 is 2.76 bits per heavy atom. The van der Waals surface area contributed by atoms with E-state index in [1.54, 1.807) is 30.3 Å². The summed E-state index contributed by atoms with van der Waals surface area (Å²) >= 11 is 13.1. The van der Waals surface area contributed by atoms with Gasteiger partial charge in [-0.25, -0.2) is 0 Å². The van der Waals surface area contributed by atoms with Gasteiger partial charge < -0.3 is 11.1 Å². The topological polar surface area (TPSA) is 80.9 Å². The zero-order chi connectivity index (χ0) is 15.0. The third-order valence-electron chi connectivity index (χ3n) is 2.91. The lowest BCUT2D eigenvalue weighted by Gasteiger charge is -2.10. The van der Waals surface area contributed by atoms with Crippen molar-refractivity contribution in [3.63, 3.8) is 0 Å². The van der Waals surface area contributed by atoms with Crippen molar-refractivity contribution in [3.8, 4) is 0 Å². The molecule has 0 radical (unpaired) electrons. The summed E-state index contributed by atoms with van der Waals surface area (Å²) in [6, 6.07) is 8.25. The SMILES string of the molecule is Nc1c(Cl)cccc1C(=O)Nc1c(Cl)ccc2nsnc12. The van der Waals surface area contributed by atoms with Gasteiger partial charge in [0.25, 0.3) is 5.91 Å². The number of nitrogen functional groups attached to an aromatic ring is 1. The van der Waals surface area contributed by atoms with E-state index in [2.05, 4.69) is 14.1 Å². The van der Waals surface area contributed by atoms with Crippen molar-refractivity contribution in [2.45, 2.75) is 0 Å². The Morgan fingerprint density at radius 1 is 1.14 bits per heavy atom. The van der Waals surface area contributed by atoms with E-state index in [-0.39, 0.29) is 11.3 Å². The van der Waals surface area contributed by atoms with Crippen molar-refractivity contribution in [1.29, 1.82) is 0 Å². The monoisotopic (exact) mass is 338 g/mol. The molecule has 0 spiro atoms. The second kappa shape index (κ2) is 5.48. The zero-order valence-electron chi connectivity index (χ0n) is 10.4. The molecule has 0 atom stereocenters. The Balaban J connectivity index is 2.02. The Bertz CT molecular complexity index is 849. The molecule has 0 aliphatic carbocycles. The van der Waals surface area contributed by atoms with Gasteiger partial charge in [0.1, 0.15) is 11.0 Å². The lowest BCUT2D eigenvalue weighted by Crippen LogP contribution is -2.14. The zero-order valence-corrected chi connectivity index (χ0v) is 12.8. The number of nitrogens with one attached hydrogen (secondary N) is 1. The second-order valence-electron chi connectivity index (χ2n) is 4.21. The average Bonchev–Trinajstić information content (AvgIpc) is 2.93. The minimum atomic E-state index is -0.405. The first-order valence-electron chi connectivity index (χ1n) is 5.84. The van der Waals surface area contributed by atoms with Gasteiger partial charge in [-0.3, -0.25) is 4.79 Å². The first-order valence-corrected chi connectivity index (χ1v) is 7.32. The molecule has 1 heterocycles. The Kier molecular flexibility index (Phi) is 3.67. The van der Waals surface area contributed by atoms with Crippen LogP contribution in [0.2, 0.25) is 10.0 Å². The van der Waals surface area contributed by atoms with E-state index in [9.17, 15) is 4.79 Å². The number of benzene rings is 2. The predicted molar refractivity (Wildman–Crippen MR) is 86.2 cm³/mol. The fraction of sp³-hybridized carbons (Fsp3) is 0. The van der Waals surface area contributed by atoms with Crippen molar-refractivity contribution in [2.24, 2.45) is 0 Å². The van der Waals surface area contributed by atoms with Gasteiger partial charge in [-0.1, -0.05) is 29.3 Å². The molecule has 1 amide bonds. The normalized spacial score (nSPS) is 10.8. The third kappa shape index (κ3) is 2.53. The molecule has 3 aromatic rings. The van der Waals surface area contributed by atoms with Crippen LogP contribution in [0.5, 0.6) is 0 Å². The molecule has 0 saturated carbocycles. The van der Waals surface area contributed by atoms with Gasteiger partial charge >= 0.3 is 0 Å². The van der Waals surface area contributed by atoms with E-state index in [0.717, 1.165) is 11.7 Å². The molecule has 0 aliphatic rings. The highest BCUT2D eigenvalue weighted by Gasteiger charge is 2.16. The maximum atomic E-state index is 12.4. The van der Waals surface area contributed by atoms with E-state index in [4.69, 9.17) is 28.9 Å². The van der Waals surface area contributed by atoms with Gasteiger partial charge in [0.2, 0.25) is 0 Å². The van der Waals surface area contributed by atoms with Crippen molar-refractivity contribution in [3.05, 3.63) is 45.9 Å². The minimum absolute atomic E-state index is 0.219. The fourth-order valence-corrected chi connectivity index (χ4v) is 2.78.